The normalized spacial score (nSPS) is 19.9. The largest absolute Gasteiger partial charge is 0.391 e. The number of halogens is 1. The van der Waals surface area contributed by atoms with E-state index in [1.807, 2.05) is 54.8 Å². The lowest BCUT2D eigenvalue weighted by Gasteiger charge is -2.32. The molecule has 1 saturated heterocycles. The van der Waals surface area contributed by atoms with E-state index in [4.69, 9.17) is 0 Å². The number of carbonyl (C=O) groups excluding carboxylic acids is 2. The van der Waals surface area contributed by atoms with E-state index in [0.717, 1.165) is 22.0 Å². The predicted octanol–water partition coefficient (Wildman–Crippen LogP) is 3.28. The Bertz CT molecular complexity index is 1240. The minimum absolute atomic E-state index is 0.0799. The zero-order chi connectivity index (χ0) is 22.6. The Morgan fingerprint density at radius 1 is 1.16 bits per heavy atom. The van der Waals surface area contributed by atoms with E-state index in [1.165, 1.54) is 0 Å². The summed E-state index contributed by atoms with van der Waals surface area (Å²) < 4.78 is 2.74. The number of nitrogens with zero attached hydrogens (tertiary/aromatic N) is 4. The Morgan fingerprint density at radius 2 is 1.97 bits per heavy atom. The van der Waals surface area contributed by atoms with Gasteiger partial charge in [-0.2, -0.15) is 0 Å². The van der Waals surface area contributed by atoms with Crippen molar-refractivity contribution >= 4 is 33.4 Å². The summed E-state index contributed by atoms with van der Waals surface area (Å²) in [4.78, 5) is 34.3. The Labute approximate surface area is 194 Å². The van der Waals surface area contributed by atoms with Crippen molar-refractivity contribution < 1.29 is 14.7 Å². The van der Waals surface area contributed by atoms with Gasteiger partial charge in [0, 0.05) is 47.6 Å². The number of aliphatic hydroxyl groups is 1. The van der Waals surface area contributed by atoms with Crippen LogP contribution in [0.5, 0.6) is 0 Å². The number of hydrogen-bond donors (Lipinski definition) is 1. The van der Waals surface area contributed by atoms with Crippen LogP contribution in [0, 0.1) is 0 Å². The number of fused-ring (bicyclic) bond motifs is 2. The van der Waals surface area contributed by atoms with Gasteiger partial charge in [-0.1, -0.05) is 22.0 Å². The average molecular weight is 497 g/mol. The van der Waals surface area contributed by atoms with Crippen molar-refractivity contribution in [3.8, 4) is 0 Å². The van der Waals surface area contributed by atoms with Gasteiger partial charge in [-0.05, 0) is 62.1 Å². The molecule has 0 saturated carbocycles. The van der Waals surface area contributed by atoms with Crippen molar-refractivity contribution in [1.29, 1.82) is 0 Å². The fraction of sp³-hybridized carbons (Fsp3) is 0.375. The summed E-state index contributed by atoms with van der Waals surface area (Å²) in [6, 6.07) is 9.53. The van der Waals surface area contributed by atoms with Crippen LogP contribution < -0.4 is 0 Å². The molecule has 0 radical (unpaired) electrons. The topological polar surface area (TPSA) is 78.2 Å². The maximum atomic E-state index is 13.2. The van der Waals surface area contributed by atoms with E-state index in [2.05, 4.69) is 20.9 Å². The second kappa shape index (κ2) is 7.71. The molecule has 2 aliphatic heterocycles. The summed E-state index contributed by atoms with van der Waals surface area (Å²) in [5, 5.41) is 10.0. The molecule has 0 aliphatic carbocycles. The number of pyridine rings is 1. The van der Waals surface area contributed by atoms with Gasteiger partial charge in [0.2, 0.25) is 0 Å². The van der Waals surface area contributed by atoms with Crippen molar-refractivity contribution in [3.05, 3.63) is 69.6 Å². The molecule has 1 fully saturated rings. The minimum Gasteiger partial charge on any atom is -0.391 e. The molecule has 5 rings (SSSR count). The Balaban J connectivity index is 1.38. The molecule has 2 aromatic heterocycles. The highest BCUT2D eigenvalue weighted by atomic mass is 79.9. The number of benzene rings is 1. The summed E-state index contributed by atoms with van der Waals surface area (Å²) >= 11 is 3.43. The number of imidazole rings is 1. The molecular weight excluding hydrogens is 472 g/mol. The Kier molecular flexibility index (Phi) is 5.09. The lowest BCUT2D eigenvalue weighted by atomic mass is 9.95. The van der Waals surface area contributed by atoms with Gasteiger partial charge in [0.05, 0.1) is 6.10 Å². The maximum absolute atomic E-state index is 13.2. The average Bonchev–Trinajstić information content (AvgIpc) is 3.30. The van der Waals surface area contributed by atoms with Crippen LogP contribution in [0.2, 0.25) is 0 Å². The smallest absolute Gasteiger partial charge is 0.274 e. The number of β-amino-alcohol motifs (C(OH)–C–C–N with tert-alkyl or cyclic N) is 1. The minimum atomic E-state index is -0.495. The van der Waals surface area contributed by atoms with Crippen LogP contribution in [0.15, 0.2) is 47.2 Å². The summed E-state index contributed by atoms with van der Waals surface area (Å²) in [5.41, 5.74) is 3.48. The van der Waals surface area contributed by atoms with E-state index in [-0.39, 0.29) is 17.4 Å². The molecule has 1 atom stereocenters. The van der Waals surface area contributed by atoms with Gasteiger partial charge in [-0.25, -0.2) is 4.98 Å². The second-order valence-electron chi connectivity index (χ2n) is 9.28. The van der Waals surface area contributed by atoms with Crippen LogP contribution >= 0.6 is 15.9 Å². The summed E-state index contributed by atoms with van der Waals surface area (Å²) in [6.07, 6.45) is 4.43. The first-order valence-corrected chi connectivity index (χ1v) is 11.6. The number of amides is 2. The zero-order valence-electron chi connectivity index (χ0n) is 18.1. The molecule has 166 valence electrons. The standard InChI is InChI=1S/C24H25BrN4O3/c1-24(2)11-19(30)13-29(24)22(31)16-4-3-15-5-7-28(12-17(15)9-16)23(32)20-14-27-8-6-18(25)10-21(27)26-20/h3-4,6,8-10,14,19,30H,5,7,11-13H2,1-2H3. The molecule has 7 nitrogen and oxygen atoms in total. The summed E-state index contributed by atoms with van der Waals surface area (Å²) in [6.45, 7) is 5.36. The molecule has 8 heteroatoms. The number of aliphatic hydroxyl groups excluding tert-OH is 1. The highest BCUT2D eigenvalue weighted by Gasteiger charge is 2.40. The second-order valence-corrected chi connectivity index (χ2v) is 10.2. The van der Waals surface area contributed by atoms with Crippen LogP contribution in [-0.4, -0.2) is 60.8 Å². The SMILES string of the molecule is CC1(C)CC(O)CN1C(=O)c1ccc2c(c1)CN(C(=O)c1cn3ccc(Br)cc3n1)CC2. The van der Waals surface area contributed by atoms with Gasteiger partial charge < -0.3 is 19.3 Å². The number of carbonyl (C=O) groups is 2. The zero-order valence-corrected chi connectivity index (χ0v) is 19.7. The summed E-state index contributed by atoms with van der Waals surface area (Å²) in [5.74, 6) is -0.195. The number of hydrogen-bond acceptors (Lipinski definition) is 4. The molecule has 32 heavy (non-hydrogen) atoms. The fourth-order valence-electron chi connectivity index (χ4n) is 4.81. The molecular formula is C24H25BrN4O3. The highest BCUT2D eigenvalue weighted by Crippen LogP contribution is 2.31. The van der Waals surface area contributed by atoms with Crippen molar-refractivity contribution in [2.24, 2.45) is 0 Å². The lowest BCUT2D eigenvalue weighted by Crippen LogP contribution is -2.43. The van der Waals surface area contributed by atoms with Crippen LogP contribution in [-0.2, 0) is 13.0 Å². The molecule has 2 amide bonds. The molecule has 3 aromatic rings. The van der Waals surface area contributed by atoms with E-state index in [1.54, 1.807) is 16.0 Å². The fourth-order valence-corrected chi connectivity index (χ4v) is 5.13. The third-order valence-electron chi connectivity index (χ3n) is 6.50. The van der Waals surface area contributed by atoms with Gasteiger partial charge in [-0.15, -0.1) is 0 Å². The molecule has 1 N–H and O–H groups in total. The van der Waals surface area contributed by atoms with Crippen LogP contribution in [0.4, 0.5) is 0 Å². The molecule has 0 spiro atoms. The monoisotopic (exact) mass is 496 g/mol. The van der Waals surface area contributed by atoms with Crippen LogP contribution in [0.1, 0.15) is 52.2 Å². The van der Waals surface area contributed by atoms with Gasteiger partial charge in [0.25, 0.3) is 11.8 Å². The van der Waals surface area contributed by atoms with Crippen molar-refractivity contribution in [2.45, 2.75) is 44.9 Å². The van der Waals surface area contributed by atoms with Crippen LogP contribution in [0.3, 0.4) is 0 Å². The first kappa shape index (κ1) is 21.2. The summed E-state index contributed by atoms with van der Waals surface area (Å²) in [7, 11) is 0. The maximum Gasteiger partial charge on any atom is 0.274 e. The van der Waals surface area contributed by atoms with Crippen LogP contribution in [0.25, 0.3) is 5.65 Å². The van der Waals surface area contributed by atoms with E-state index < -0.39 is 6.10 Å². The van der Waals surface area contributed by atoms with Crippen molar-refractivity contribution in [2.75, 3.05) is 13.1 Å². The van der Waals surface area contributed by atoms with E-state index >= 15 is 0 Å². The first-order chi connectivity index (χ1) is 15.2. The third-order valence-corrected chi connectivity index (χ3v) is 6.99. The molecule has 4 heterocycles. The van der Waals surface area contributed by atoms with Gasteiger partial charge in [0.1, 0.15) is 11.3 Å². The third kappa shape index (κ3) is 3.71. The molecule has 2 aliphatic rings. The van der Waals surface area contributed by atoms with E-state index in [9.17, 15) is 14.7 Å². The molecule has 1 aromatic carbocycles. The number of aromatic nitrogens is 2. The highest BCUT2D eigenvalue weighted by molar-refractivity contribution is 9.10. The van der Waals surface area contributed by atoms with Crippen molar-refractivity contribution in [1.82, 2.24) is 19.2 Å². The Morgan fingerprint density at radius 3 is 2.72 bits per heavy atom. The number of likely N-dealkylation sites (tertiary alicyclic amines) is 1. The molecule has 0 bridgehead atoms. The molecule has 1 unspecified atom stereocenters. The lowest BCUT2D eigenvalue weighted by molar-refractivity contribution is 0.0641. The van der Waals surface area contributed by atoms with Gasteiger partial charge >= 0.3 is 0 Å². The first-order valence-electron chi connectivity index (χ1n) is 10.8. The predicted molar refractivity (Wildman–Crippen MR) is 124 cm³/mol. The number of rotatable bonds is 2. The quantitative estimate of drug-likeness (QED) is 0.590. The van der Waals surface area contributed by atoms with Gasteiger partial charge in [0.15, 0.2) is 0 Å². The van der Waals surface area contributed by atoms with E-state index in [0.29, 0.717) is 43.0 Å². The van der Waals surface area contributed by atoms with Crippen molar-refractivity contribution in [3.63, 3.8) is 0 Å². The Hall–Kier alpha value is -2.71. The van der Waals surface area contributed by atoms with Gasteiger partial charge in [-0.3, -0.25) is 9.59 Å².